The SMILES string of the molecule is Cc1ccc(CN=Cc2cc(Cl)cc([N+](=O)[O-])c2O)cc1. The average Bonchev–Trinajstić information content (AvgIpc) is 2.44. The van der Waals surface area contributed by atoms with E-state index in [1.165, 1.54) is 12.3 Å². The molecule has 0 saturated carbocycles. The summed E-state index contributed by atoms with van der Waals surface area (Å²) >= 11 is 5.80. The summed E-state index contributed by atoms with van der Waals surface area (Å²) in [6, 6.07) is 10.4. The van der Waals surface area contributed by atoms with E-state index in [9.17, 15) is 15.2 Å². The zero-order chi connectivity index (χ0) is 15.4. The number of aromatic hydroxyl groups is 1. The molecule has 0 amide bonds. The lowest BCUT2D eigenvalue weighted by atomic mass is 10.1. The first-order chi connectivity index (χ1) is 9.97. The second-order valence-electron chi connectivity index (χ2n) is 4.58. The molecule has 0 aromatic heterocycles. The largest absolute Gasteiger partial charge is 0.502 e. The number of phenolic OH excluding ortho intramolecular Hbond substituents is 1. The van der Waals surface area contributed by atoms with E-state index in [4.69, 9.17) is 11.6 Å². The van der Waals surface area contributed by atoms with Gasteiger partial charge < -0.3 is 5.11 Å². The molecule has 0 radical (unpaired) electrons. The Kier molecular flexibility index (Phi) is 4.55. The Morgan fingerprint density at radius 3 is 2.62 bits per heavy atom. The normalized spacial score (nSPS) is 11.0. The van der Waals surface area contributed by atoms with E-state index in [0.717, 1.165) is 17.2 Å². The summed E-state index contributed by atoms with van der Waals surface area (Å²) < 4.78 is 0. The van der Waals surface area contributed by atoms with E-state index >= 15 is 0 Å². The first-order valence-corrected chi connectivity index (χ1v) is 6.57. The number of aryl methyl sites for hydroxylation is 1. The quantitative estimate of drug-likeness (QED) is 0.529. The third-order valence-electron chi connectivity index (χ3n) is 2.91. The van der Waals surface area contributed by atoms with Crippen molar-refractivity contribution in [3.8, 4) is 5.75 Å². The lowest BCUT2D eigenvalue weighted by Gasteiger charge is -2.02. The maximum absolute atomic E-state index is 10.8. The Morgan fingerprint density at radius 2 is 2.00 bits per heavy atom. The van der Waals surface area contributed by atoms with Crippen molar-refractivity contribution in [3.63, 3.8) is 0 Å². The highest BCUT2D eigenvalue weighted by atomic mass is 35.5. The minimum atomic E-state index is -0.682. The van der Waals surface area contributed by atoms with E-state index in [1.54, 1.807) is 0 Å². The van der Waals surface area contributed by atoms with Gasteiger partial charge in [0.05, 0.1) is 11.5 Å². The van der Waals surface area contributed by atoms with E-state index < -0.39 is 16.4 Å². The van der Waals surface area contributed by atoms with Crippen LogP contribution in [0.3, 0.4) is 0 Å². The Bertz CT molecular complexity index is 697. The summed E-state index contributed by atoms with van der Waals surface area (Å²) in [5.41, 5.74) is 1.96. The number of aliphatic imine (C=N–C) groups is 1. The van der Waals surface area contributed by atoms with Crippen molar-refractivity contribution in [2.75, 3.05) is 0 Å². The Morgan fingerprint density at radius 1 is 1.33 bits per heavy atom. The predicted octanol–water partition coefficient (Wildman–Crippen LogP) is 3.88. The highest BCUT2D eigenvalue weighted by molar-refractivity contribution is 6.31. The smallest absolute Gasteiger partial charge is 0.312 e. The third-order valence-corrected chi connectivity index (χ3v) is 3.12. The summed E-state index contributed by atoms with van der Waals surface area (Å²) in [4.78, 5) is 14.3. The van der Waals surface area contributed by atoms with Crippen molar-refractivity contribution in [1.29, 1.82) is 0 Å². The fraction of sp³-hybridized carbons (Fsp3) is 0.133. The first-order valence-electron chi connectivity index (χ1n) is 6.19. The second-order valence-corrected chi connectivity index (χ2v) is 5.01. The highest BCUT2D eigenvalue weighted by Crippen LogP contribution is 2.32. The predicted molar refractivity (Wildman–Crippen MR) is 82.2 cm³/mol. The lowest BCUT2D eigenvalue weighted by Crippen LogP contribution is -1.93. The van der Waals surface area contributed by atoms with E-state index in [1.807, 2.05) is 31.2 Å². The van der Waals surface area contributed by atoms with Gasteiger partial charge in [0.1, 0.15) is 0 Å². The van der Waals surface area contributed by atoms with Crippen LogP contribution in [-0.2, 0) is 6.54 Å². The number of nitro groups is 1. The molecule has 0 unspecified atom stereocenters. The number of rotatable bonds is 4. The molecule has 0 aliphatic heterocycles. The van der Waals surface area contributed by atoms with Crippen LogP contribution in [0.25, 0.3) is 0 Å². The highest BCUT2D eigenvalue weighted by Gasteiger charge is 2.17. The van der Waals surface area contributed by atoms with Gasteiger partial charge >= 0.3 is 5.69 Å². The third kappa shape index (κ3) is 3.79. The van der Waals surface area contributed by atoms with Crippen LogP contribution >= 0.6 is 11.6 Å². The molecule has 6 heteroatoms. The van der Waals surface area contributed by atoms with Crippen molar-refractivity contribution >= 4 is 23.5 Å². The number of benzene rings is 2. The maximum Gasteiger partial charge on any atom is 0.312 e. The molecule has 0 aliphatic carbocycles. The standard InChI is InChI=1S/C15H13ClN2O3/c1-10-2-4-11(5-3-10)8-17-9-12-6-13(16)7-14(15(12)19)18(20)21/h2-7,9,19H,8H2,1H3. The van der Waals surface area contributed by atoms with Crippen LogP contribution in [0, 0.1) is 17.0 Å². The van der Waals surface area contributed by atoms with Crippen molar-refractivity contribution in [2.45, 2.75) is 13.5 Å². The molecule has 108 valence electrons. The van der Waals surface area contributed by atoms with Crippen LogP contribution < -0.4 is 0 Å². The zero-order valence-corrected chi connectivity index (χ0v) is 12.0. The molecule has 2 aromatic rings. The monoisotopic (exact) mass is 304 g/mol. The van der Waals surface area contributed by atoms with Gasteiger partial charge in [0.2, 0.25) is 5.75 Å². The van der Waals surface area contributed by atoms with E-state index in [2.05, 4.69) is 4.99 Å². The number of hydrogen-bond donors (Lipinski definition) is 1. The molecule has 2 rings (SSSR count). The van der Waals surface area contributed by atoms with Gasteiger partial charge in [-0.2, -0.15) is 0 Å². The molecular formula is C15H13ClN2O3. The molecule has 0 aliphatic rings. The van der Waals surface area contributed by atoms with Gasteiger partial charge in [0.25, 0.3) is 0 Å². The molecular weight excluding hydrogens is 292 g/mol. The van der Waals surface area contributed by atoms with E-state index in [0.29, 0.717) is 6.54 Å². The summed E-state index contributed by atoms with van der Waals surface area (Å²) in [6.45, 7) is 2.41. The van der Waals surface area contributed by atoms with Crippen LogP contribution in [0.4, 0.5) is 5.69 Å². The van der Waals surface area contributed by atoms with Gasteiger partial charge in [-0.25, -0.2) is 0 Å². The molecule has 0 spiro atoms. The van der Waals surface area contributed by atoms with Crippen molar-refractivity contribution in [3.05, 3.63) is 68.2 Å². The topological polar surface area (TPSA) is 75.7 Å². The number of phenols is 1. The molecule has 0 heterocycles. The van der Waals surface area contributed by atoms with Crippen molar-refractivity contribution in [1.82, 2.24) is 0 Å². The molecule has 0 saturated heterocycles. The van der Waals surface area contributed by atoms with Gasteiger partial charge in [-0.1, -0.05) is 41.4 Å². The number of nitrogens with zero attached hydrogens (tertiary/aromatic N) is 2. The Hall–Kier alpha value is -2.40. The summed E-state index contributed by atoms with van der Waals surface area (Å²) in [5.74, 6) is -0.433. The van der Waals surface area contributed by atoms with Crippen LogP contribution in [0.2, 0.25) is 5.02 Å². The minimum Gasteiger partial charge on any atom is -0.502 e. The maximum atomic E-state index is 10.8. The van der Waals surface area contributed by atoms with Gasteiger partial charge in [0.15, 0.2) is 0 Å². The Labute approximate surface area is 126 Å². The van der Waals surface area contributed by atoms with Crippen LogP contribution in [0.1, 0.15) is 16.7 Å². The van der Waals surface area contributed by atoms with Crippen molar-refractivity contribution < 1.29 is 10.0 Å². The molecule has 1 N–H and O–H groups in total. The second kappa shape index (κ2) is 6.37. The molecule has 0 atom stereocenters. The summed E-state index contributed by atoms with van der Waals surface area (Å²) in [5, 5.41) is 20.8. The summed E-state index contributed by atoms with van der Waals surface area (Å²) in [6.07, 6.45) is 1.38. The van der Waals surface area contributed by atoms with Gasteiger partial charge in [-0.15, -0.1) is 0 Å². The fourth-order valence-electron chi connectivity index (χ4n) is 1.79. The van der Waals surface area contributed by atoms with Crippen LogP contribution in [0.15, 0.2) is 41.4 Å². The molecule has 0 fully saturated rings. The van der Waals surface area contributed by atoms with Gasteiger partial charge in [0, 0.05) is 22.9 Å². The number of halogens is 1. The average molecular weight is 305 g/mol. The van der Waals surface area contributed by atoms with Crippen LogP contribution in [-0.4, -0.2) is 16.2 Å². The number of hydrogen-bond acceptors (Lipinski definition) is 4. The minimum absolute atomic E-state index is 0.177. The van der Waals surface area contributed by atoms with Gasteiger partial charge in [-0.05, 0) is 18.6 Å². The van der Waals surface area contributed by atoms with Gasteiger partial charge in [-0.3, -0.25) is 15.1 Å². The summed E-state index contributed by atoms with van der Waals surface area (Å²) in [7, 11) is 0. The Balaban J connectivity index is 2.21. The molecule has 0 bridgehead atoms. The first kappa shape index (κ1) is 15.0. The van der Waals surface area contributed by atoms with Crippen molar-refractivity contribution in [2.24, 2.45) is 4.99 Å². The van der Waals surface area contributed by atoms with E-state index in [-0.39, 0.29) is 10.6 Å². The zero-order valence-electron chi connectivity index (χ0n) is 11.3. The molecule has 5 nitrogen and oxygen atoms in total. The molecule has 2 aromatic carbocycles. The fourth-order valence-corrected chi connectivity index (χ4v) is 2.01. The number of nitro benzene ring substituents is 1. The van der Waals surface area contributed by atoms with Crippen LogP contribution in [0.5, 0.6) is 5.75 Å². The molecule has 21 heavy (non-hydrogen) atoms. The lowest BCUT2D eigenvalue weighted by molar-refractivity contribution is -0.385.